The summed E-state index contributed by atoms with van der Waals surface area (Å²) in [6, 6.07) is 24.8. The van der Waals surface area contributed by atoms with E-state index in [4.69, 9.17) is 0 Å². The second kappa shape index (κ2) is 6.69. The molecule has 0 aliphatic rings. The summed E-state index contributed by atoms with van der Waals surface area (Å²) in [6.45, 7) is 0. The Labute approximate surface area is 150 Å². The van der Waals surface area contributed by atoms with Crippen LogP contribution in [-0.4, -0.2) is 17.2 Å². The summed E-state index contributed by atoms with van der Waals surface area (Å²) < 4.78 is 0. The molecule has 0 unspecified atom stereocenters. The molecule has 4 nitrogen and oxygen atoms in total. The molecule has 0 bridgehead atoms. The van der Waals surface area contributed by atoms with Gasteiger partial charge in [0, 0.05) is 0 Å². The van der Waals surface area contributed by atoms with Crippen LogP contribution in [0.2, 0.25) is 0 Å². The molecule has 0 radical (unpaired) electrons. The van der Waals surface area contributed by atoms with Gasteiger partial charge in [-0.2, -0.15) is 5.10 Å². The number of nitrogens with zero attached hydrogens (tertiary/aromatic N) is 1. The summed E-state index contributed by atoms with van der Waals surface area (Å²) in [4.78, 5) is 12.3. The maximum atomic E-state index is 12.3. The van der Waals surface area contributed by atoms with Gasteiger partial charge in [-0.15, -0.1) is 0 Å². The average Bonchev–Trinajstić information content (AvgIpc) is 2.67. The molecule has 0 aromatic heterocycles. The Morgan fingerprint density at radius 1 is 0.808 bits per heavy atom. The number of phenolic OH excluding ortho intramolecular Hbond substituents is 1. The number of carbonyl (C=O) groups excluding carboxylic acids is 1. The molecule has 4 heteroatoms. The fourth-order valence-corrected chi connectivity index (χ4v) is 2.92. The minimum Gasteiger partial charge on any atom is -0.507 e. The molecular weight excluding hydrogens is 324 g/mol. The fourth-order valence-electron chi connectivity index (χ4n) is 2.92. The predicted molar refractivity (Wildman–Crippen MR) is 105 cm³/mol. The van der Waals surface area contributed by atoms with Crippen LogP contribution in [0, 0.1) is 0 Å². The lowest BCUT2D eigenvalue weighted by molar-refractivity contribution is 0.0952. The van der Waals surface area contributed by atoms with E-state index in [1.54, 1.807) is 18.3 Å². The van der Waals surface area contributed by atoms with E-state index in [2.05, 4.69) is 10.5 Å². The van der Waals surface area contributed by atoms with Crippen LogP contribution in [0.5, 0.6) is 5.75 Å². The van der Waals surface area contributed by atoms with Crippen molar-refractivity contribution in [3.05, 3.63) is 90.0 Å². The van der Waals surface area contributed by atoms with E-state index in [0.29, 0.717) is 0 Å². The number of nitrogens with one attached hydrogen (secondary N) is 1. The third-order valence-electron chi connectivity index (χ3n) is 4.26. The lowest BCUT2D eigenvalue weighted by atomic mass is 10.1. The van der Waals surface area contributed by atoms with Crippen molar-refractivity contribution in [3.63, 3.8) is 0 Å². The van der Waals surface area contributed by atoms with Crippen molar-refractivity contribution in [2.45, 2.75) is 0 Å². The molecule has 0 fully saturated rings. The highest BCUT2D eigenvalue weighted by atomic mass is 16.3. The molecule has 0 aliphatic carbocycles. The van der Waals surface area contributed by atoms with Gasteiger partial charge in [0.15, 0.2) is 0 Å². The first-order valence-corrected chi connectivity index (χ1v) is 8.25. The van der Waals surface area contributed by atoms with Gasteiger partial charge >= 0.3 is 0 Å². The summed E-state index contributed by atoms with van der Waals surface area (Å²) in [6.07, 6.45) is 1.59. The Morgan fingerprint density at radius 2 is 1.42 bits per heavy atom. The first-order chi connectivity index (χ1) is 12.7. The quantitative estimate of drug-likeness (QED) is 0.427. The van der Waals surface area contributed by atoms with Crippen molar-refractivity contribution in [3.8, 4) is 5.75 Å². The molecule has 2 N–H and O–H groups in total. The highest BCUT2D eigenvalue weighted by Crippen LogP contribution is 2.24. The van der Waals surface area contributed by atoms with E-state index >= 15 is 0 Å². The third-order valence-corrected chi connectivity index (χ3v) is 4.26. The molecule has 4 rings (SSSR count). The zero-order valence-electron chi connectivity index (χ0n) is 13.9. The Morgan fingerprint density at radius 3 is 2.15 bits per heavy atom. The lowest BCUT2D eigenvalue weighted by Crippen LogP contribution is -2.17. The normalized spacial score (nSPS) is 11.2. The topological polar surface area (TPSA) is 61.7 Å². The molecule has 0 aliphatic heterocycles. The molecule has 4 aromatic rings. The number of carbonyl (C=O) groups is 1. The zero-order chi connectivity index (χ0) is 17.9. The van der Waals surface area contributed by atoms with E-state index in [1.807, 2.05) is 66.7 Å². The van der Waals surface area contributed by atoms with Gasteiger partial charge in [-0.05, 0) is 45.3 Å². The van der Waals surface area contributed by atoms with Gasteiger partial charge in [0.1, 0.15) is 5.75 Å². The van der Waals surface area contributed by atoms with Crippen molar-refractivity contribution >= 4 is 33.7 Å². The van der Waals surface area contributed by atoms with Crippen LogP contribution in [0.3, 0.4) is 0 Å². The lowest BCUT2D eigenvalue weighted by Gasteiger charge is -2.05. The van der Waals surface area contributed by atoms with Crippen LogP contribution in [-0.2, 0) is 0 Å². The average molecular weight is 340 g/mol. The Balaban J connectivity index is 1.54. The van der Waals surface area contributed by atoms with Gasteiger partial charge in [0.05, 0.1) is 11.8 Å². The summed E-state index contributed by atoms with van der Waals surface area (Å²) >= 11 is 0. The van der Waals surface area contributed by atoms with Gasteiger partial charge in [0.25, 0.3) is 5.91 Å². The molecule has 0 heterocycles. The number of hydrazone groups is 1. The number of hydrogen-bond donors (Lipinski definition) is 2. The smallest absolute Gasteiger partial charge is 0.275 e. The first kappa shape index (κ1) is 15.8. The van der Waals surface area contributed by atoms with Crippen molar-refractivity contribution in [1.29, 1.82) is 0 Å². The SMILES string of the molecule is O=C(N/N=C\c1ccc2ccccc2c1)c1cc2ccccc2cc1O. The highest BCUT2D eigenvalue weighted by molar-refractivity contribution is 6.02. The Bertz CT molecular complexity index is 1150. The second-order valence-corrected chi connectivity index (χ2v) is 6.02. The summed E-state index contributed by atoms with van der Waals surface area (Å²) in [5.74, 6) is -0.521. The van der Waals surface area contributed by atoms with E-state index in [0.717, 1.165) is 27.1 Å². The van der Waals surface area contributed by atoms with E-state index in [1.165, 1.54) is 0 Å². The molecule has 1 amide bonds. The minimum absolute atomic E-state index is 0.0675. The molecule has 0 saturated carbocycles. The van der Waals surface area contributed by atoms with Crippen LogP contribution in [0.15, 0.2) is 84.0 Å². The molecule has 4 aromatic carbocycles. The second-order valence-electron chi connectivity index (χ2n) is 6.02. The third kappa shape index (κ3) is 3.13. The number of hydrogen-bond acceptors (Lipinski definition) is 3. The molecule has 0 spiro atoms. The number of rotatable bonds is 3. The summed E-state index contributed by atoms with van der Waals surface area (Å²) in [5, 5.41) is 18.1. The minimum atomic E-state index is -0.453. The predicted octanol–water partition coefficient (Wildman–Crippen LogP) is 4.46. The zero-order valence-corrected chi connectivity index (χ0v) is 13.9. The fraction of sp³-hybridized carbons (Fsp3) is 0. The summed E-state index contributed by atoms with van der Waals surface area (Å²) in [5.41, 5.74) is 3.55. The molecular formula is C22H16N2O2. The van der Waals surface area contributed by atoms with Crippen molar-refractivity contribution in [1.82, 2.24) is 5.43 Å². The van der Waals surface area contributed by atoms with Crippen LogP contribution in [0.4, 0.5) is 0 Å². The van der Waals surface area contributed by atoms with E-state index in [9.17, 15) is 9.90 Å². The van der Waals surface area contributed by atoms with E-state index < -0.39 is 5.91 Å². The van der Waals surface area contributed by atoms with Crippen molar-refractivity contribution in [2.75, 3.05) is 0 Å². The Hall–Kier alpha value is -3.66. The summed E-state index contributed by atoms with van der Waals surface area (Å²) in [7, 11) is 0. The van der Waals surface area contributed by atoms with Crippen molar-refractivity contribution < 1.29 is 9.90 Å². The van der Waals surface area contributed by atoms with Gasteiger partial charge in [-0.3, -0.25) is 4.79 Å². The van der Waals surface area contributed by atoms with E-state index in [-0.39, 0.29) is 11.3 Å². The number of aromatic hydroxyl groups is 1. The van der Waals surface area contributed by atoms with Crippen LogP contribution in [0.1, 0.15) is 15.9 Å². The standard InChI is InChI=1S/C22H16N2O2/c25-21-13-19-8-4-3-7-18(19)12-20(21)22(26)24-23-14-15-9-10-16-5-1-2-6-17(16)11-15/h1-14,25H,(H,24,26)/b23-14-. The molecule has 0 saturated heterocycles. The van der Waals surface area contributed by atoms with Gasteiger partial charge in [-0.25, -0.2) is 5.43 Å². The van der Waals surface area contributed by atoms with Crippen LogP contribution in [0.25, 0.3) is 21.5 Å². The van der Waals surface area contributed by atoms with Crippen LogP contribution < -0.4 is 5.43 Å². The maximum absolute atomic E-state index is 12.3. The monoisotopic (exact) mass is 340 g/mol. The van der Waals surface area contributed by atoms with Gasteiger partial charge in [0.2, 0.25) is 0 Å². The first-order valence-electron chi connectivity index (χ1n) is 8.25. The number of benzene rings is 4. The van der Waals surface area contributed by atoms with Crippen LogP contribution >= 0.6 is 0 Å². The van der Waals surface area contributed by atoms with Gasteiger partial charge in [-0.1, -0.05) is 60.7 Å². The molecule has 126 valence electrons. The molecule has 26 heavy (non-hydrogen) atoms. The van der Waals surface area contributed by atoms with Gasteiger partial charge < -0.3 is 5.11 Å². The number of fused-ring (bicyclic) bond motifs is 2. The maximum Gasteiger partial charge on any atom is 0.275 e. The Kier molecular flexibility index (Phi) is 4.07. The largest absolute Gasteiger partial charge is 0.507 e. The highest BCUT2D eigenvalue weighted by Gasteiger charge is 2.11. The number of phenols is 1. The molecule has 0 atom stereocenters. The number of amides is 1. The van der Waals surface area contributed by atoms with Crippen molar-refractivity contribution in [2.24, 2.45) is 5.10 Å².